The molecule has 2 saturated heterocycles. The number of amides is 3. The first-order chi connectivity index (χ1) is 18.9. The lowest BCUT2D eigenvalue weighted by molar-refractivity contribution is -0.140. The van der Waals surface area contributed by atoms with Crippen LogP contribution >= 0.6 is 11.6 Å². The summed E-state index contributed by atoms with van der Waals surface area (Å²) in [6.07, 6.45) is 6.19. The van der Waals surface area contributed by atoms with Crippen molar-refractivity contribution >= 4 is 35.2 Å². The van der Waals surface area contributed by atoms with Crippen LogP contribution < -0.4 is 5.32 Å². The number of rotatable bonds is 6. The number of halogens is 1. The molecule has 2 heterocycles. The first-order valence-corrected chi connectivity index (χ1v) is 15.4. The normalized spacial score (nSPS) is 22.9. The minimum Gasteiger partial charge on any atom is -0.444 e. The van der Waals surface area contributed by atoms with Gasteiger partial charge in [0.2, 0.25) is 11.8 Å². The van der Waals surface area contributed by atoms with Gasteiger partial charge in [-0.3, -0.25) is 14.5 Å². The molecule has 0 radical (unpaired) electrons. The highest BCUT2D eigenvalue weighted by Gasteiger charge is 2.33. The summed E-state index contributed by atoms with van der Waals surface area (Å²) in [5.41, 5.74) is 2.28. The molecule has 1 unspecified atom stereocenters. The molecule has 2 atom stereocenters. The molecule has 1 saturated carbocycles. The lowest BCUT2D eigenvalue weighted by Gasteiger charge is -2.41. The van der Waals surface area contributed by atoms with E-state index in [-0.39, 0.29) is 29.9 Å². The van der Waals surface area contributed by atoms with Gasteiger partial charge in [0.05, 0.1) is 0 Å². The zero-order valence-electron chi connectivity index (χ0n) is 24.9. The van der Waals surface area contributed by atoms with Gasteiger partial charge >= 0.3 is 6.09 Å². The summed E-state index contributed by atoms with van der Waals surface area (Å²) in [5.74, 6) is 0.565. The average molecular weight is 575 g/mol. The lowest BCUT2D eigenvalue weighted by Crippen LogP contribution is -2.54. The third kappa shape index (κ3) is 8.12. The van der Waals surface area contributed by atoms with Crippen molar-refractivity contribution in [1.82, 2.24) is 14.7 Å². The number of ether oxygens (including phenoxy) is 1. The maximum absolute atomic E-state index is 13.1. The van der Waals surface area contributed by atoms with E-state index in [4.69, 9.17) is 16.3 Å². The zero-order valence-corrected chi connectivity index (χ0v) is 25.7. The molecule has 0 spiro atoms. The van der Waals surface area contributed by atoms with Crippen LogP contribution in [0.4, 0.5) is 10.5 Å². The summed E-state index contributed by atoms with van der Waals surface area (Å²) in [6, 6.07) is 3.97. The van der Waals surface area contributed by atoms with E-state index < -0.39 is 5.60 Å². The van der Waals surface area contributed by atoms with Crippen LogP contribution in [-0.2, 0) is 20.9 Å². The number of nitrogens with one attached hydrogen (secondary N) is 1. The lowest BCUT2D eigenvalue weighted by atomic mass is 9.94. The monoisotopic (exact) mass is 574 g/mol. The van der Waals surface area contributed by atoms with Gasteiger partial charge in [-0.25, -0.2) is 4.79 Å². The Balaban J connectivity index is 1.32. The predicted octanol–water partition coefficient (Wildman–Crippen LogP) is 5.85. The van der Waals surface area contributed by atoms with Crippen molar-refractivity contribution in [3.63, 3.8) is 0 Å². The number of piperidine rings is 1. The molecule has 1 N–H and O–H groups in total. The van der Waals surface area contributed by atoms with Crippen LogP contribution in [0.5, 0.6) is 0 Å². The highest BCUT2D eigenvalue weighted by Crippen LogP contribution is 2.30. The Labute approximate surface area is 244 Å². The zero-order chi connectivity index (χ0) is 29.0. The molecule has 40 heavy (non-hydrogen) atoms. The third-order valence-corrected chi connectivity index (χ3v) is 8.71. The molecule has 0 bridgehead atoms. The number of hydrogen-bond acceptors (Lipinski definition) is 5. The van der Waals surface area contributed by atoms with Crippen LogP contribution in [0.15, 0.2) is 12.1 Å². The van der Waals surface area contributed by atoms with Crippen molar-refractivity contribution < 1.29 is 19.1 Å². The summed E-state index contributed by atoms with van der Waals surface area (Å²) in [6.45, 7) is 14.1. The Morgan fingerprint density at radius 3 is 2.42 bits per heavy atom. The van der Waals surface area contributed by atoms with E-state index in [1.807, 2.05) is 39.8 Å². The topological polar surface area (TPSA) is 82.2 Å². The number of anilines is 1. The molecule has 1 aliphatic carbocycles. The maximum atomic E-state index is 13.1. The Hall–Kier alpha value is -2.32. The standard InChI is InChI=1S/C31H47ClN4O4/c1-21-18-34(13-14-36(21)29(38)24-10-6-7-11-24)20-25-16-26(32)17-27(22(25)2)33-28(37)15-23-9-8-12-35(19-23)30(39)40-31(3,4)5/h16-17,21,23-24H,6-15,18-20H2,1-5H3,(H,33,37)/t21-,23?/m0/s1. The largest absolute Gasteiger partial charge is 0.444 e. The highest BCUT2D eigenvalue weighted by molar-refractivity contribution is 6.31. The van der Waals surface area contributed by atoms with Gasteiger partial charge in [0, 0.05) is 68.4 Å². The molecule has 1 aromatic rings. The quantitative estimate of drug-likeness (QED) is 0.461. The van der Waals surface area contributed by atoms with Crippen LogP contribution in [-0.4, -0.2) is 77.0 Å². The van der Waals surface area contributed by atoms with Gasteiger partial charge in [-0.1, -0.05) is 24.4 Å². The second-order valence-electron chi connectivity index (χ2n) is 13.0. The van der Waals surface area contributed by atoms with Gasteiger partial charge in [0.1, 0.15) is 5.60 Å². The van der Waals surface area contributed by atoms with Gasteiger partial charge in [0.15, 0.2) is 0 Å². The van der Waals surface area contributed by atoms with E-state index in [1.54, 1.807) is 4.90 Å². The Bertz CT molecular complexity index is 1080. The first-order valence-electron chi connectivity index (χ1n) is 15.0. The van der Waals surface area contributed by atoms with Crippen LogP contribution in [0, 0.1) is 18.8 Å². The molecule has 1 aromatic carbocycles. The fourth-order valence-electron chi connectivity index (χ4n) is 6.37. The van der Waals surface area contributed by atoms with E-state index in [0.717, 1.165) is 68.7 Å². The summed E-state index contributed by atoms with van der Waals surface area (Å²) >= 11 is 6.51. The predicted molar refractivity (Wildman–Crippen MR) is 158 cm³/mol. The molecular weight excluding hydrogens is 528 g/mol. The summed E-state index contributed by atoms with van der Waals surface area (Å²) < 4.78 is 5.53. The molecule has 3 fully saturated rings. The van der Waals surface area contributed by atoms with Gasteiger partial charge < -0.3 is 19.9 Å². The Kier molecular flexibility index (Phi) is 10.0. The van der Waals surface area contributed by atoms with Crippen molar-refractivity contribution in [3.8, 4) is 0 Å². The molecule has 2 aliphatic heterocycles. The number of likely N-dealkylation sites (tertiary alicyclic amines) is 1. The molecule has 222 valence electrons. The van der Waals surface area contributed by atoms with Gasteiger partial charge in [-0.2, -0.15) is 0 Å². The smallest absolute Gasteiger partial charge is 0.410 e. The molecule has 4 rings (SSSR count). The van der Waals surface area contributed by atoms with Crippen molar-refractivity contribution in [3.05, 3.63) is 28.3 Å². The highest BCUT2D eigenvalue weighted by atomic mass is 35.5. The SMILES string of the molecule is Cc1c(CN2CCN(C(=O)C3CCCC3)[C@@H](C)C2)cc(Cl)cc1NC(=O)CC1CCCN(C(=O)OC(C)(C)C)C1. The van der Waals surface area contributed by atoms with Gasteiger partial charge in [-0.15, -0.1) is 0 Å². The second kappa shape index (κ2) is 13.1. The molecular formula is C31H47ClN4O4. The van der Waals surface area contributed by atoms with E-state index in [2.05, 4.69) is 22.0 Å². The summed E-state index contributed by atoms with van der Waals surface area (Å²) in [5, 5.41) is 3.68. The van der Waals surface area contributed by atoms with Crippen LogP contribution in [0.2, 0.25) is 5.02 Å². The Morgan fingerprint density at radius 1 is 1.02 bits per heavy atom. The summed E-state index contributed by atoms with van der Waals surface area (Å²) in [4.78, 5) is 44.8. The Morgan fingerprint density at radius 2 is 1.75 bits per heavy atom. The van der Waals surface area contributed by atoms with Crippen molar-refractivity contribution in [2.45, 2.75) is 97.8 Å². The summed E-state index contributed by atoms with van der Waals surface area (Å²) in [7, 11) is 0. The van der Waals surface area contributed by atoms with Gasteiger partial charge in [-0.05, 0) is 89.5 Å². The molecule has 0 aromatic heterocycles. The van der Waals surface area contributed by atoms with Crippen molar-refractivity contribution in [2.24, 2.45) is 11.8 Å². The van der Waals surface area contributed by atoms with Crippen LogP contribution in [0.1, 0.15) is 83.8 Å². The van der Waals surface area contributed by atoms with Crippen molar-refractivity contribution in [2.75, 3.05) is 38.0 Å². The molecule has 3 amide bonds. The second-order valence-corrected chi connectivity index (χ2v) is 13.5. The fraction of sp³-hybridized carbons (Fsp3) is 0.710. The number of piperazine rings is 1. The number of nitrogens with zero attached hydrogens (tertiary/aromatic N) is 3. The first kappa shape index (κ1) is 30.6. The van der Waals surface area contributed by atoms with E-state index in [1.165, 1.54) is 12.8 Å². The molecule has 3 aliphatic rings. The fourth-order valence-corrected chi connectivity index (χ4v) is 6.61. The average Bonchev–Trinajstić information content (AvgIpc) is 3.41. The van der Waals surface area contributed by atoms with E-state index in [9.17, 15) is 14.4 Å². The number of carbonyl (C=O) groups excluding carboxylic acids is 3. The van der Waals surface area contributed by atoms with Gasteiger partial charge in [0.25, 0.3) is 0 Å². The minimum atomic E-state index is -0.540. The third-order valence-electron chi connectivity index (χ3n) is 8.49. The number of benzene rings is 1. The maximum Gasteiger partial charge on any atom is 0.410 e. The van der Waals surface area contributed by atoms with E-state index >= 15 is 0 Å². The number of carbonyl (C=O) groups is 3. The van der Waals surface area contributed by atoms with Crippen LogP contribution in [0.25, 0.3) is 0 Å². The van der Waals surface area contributed by atoms with Crippen molar-refractivity contribution in [1.29, 1.82) is 0 Å². The van der Waals surface area contributed by atoms with E-state index in [0.29, 0.717) is 30.4 Å². The minimum absolute atomic E-state index is 0.0694. The molecule has 9 heteroatoms. The molecule has 8 nitrogen and oxygen atoms in total. The number of hydrogen-bond donors (Lipinski definition) is 1. The van der Waals surface area contributed by atoms with Crippen LogP contribution in [0.3, 0.4) is 0 Å².